The fourth-order valence-electron chi connectivity index (χ4n) is 9.60. The molecule has 64 heavy (non-hydrogen) atoms. The van der Waals surface area contributed by atoms with E-state index in [9.17, 15) is 10.5 Å². The molecule has 6 aliphatic rings. The number of hydrogen-bond acceptors (Lipinski definition) is 4. The highest BCUT2D eigenvalue weighted by molar-refractivity contribution is 5.88. The molecule has 0 saturated carbocycles. The van der Waals surface area contributed by atoms with Crippen molar-refractivity contribution in [2.75, 3.05) is 0 Å². The summed E-state index contributed by atoms with van der Waals surface area (Å²) in [6, 6.07) is 40.0. The smallest absolute Gasteiger partial charge is 0.146 e. The zero-order valence-electron chi connectivity index (χ0n) is 36.1. The lowest BCUT2D eigenvalue weighted by Crippen LogP contribution is -2.21. The third-order valence-corrected chi connectivity index (χ3v) is 13.3. The van der Waals surface area contributed by atoms with Crippen molar-refractivity contribution in [1.29, 1.82) is 10.5 Å². The molecule has 4 nitrogen and oxygen atoms in total. The van der Waals surface area contributed by atoms with Crippen molar-refractivity contribution < 1.29 is 8.78 Å². The van der Waals surface area contributed by atoms with Crippen LogP contribution in [0.3, 0.4) is 0 Å². The fourth-order valence-corrected chi connectivity index (χ4v) is 9.60. The normalized spacial score (nSPS) is 15.5. The van der Waals surface area contributed by atoms with Crippen molar-refractivity contribution in [2.45, 2.75) is 65.7 Å². The SMILES string of the molecule is C=C(C)C1(C#N)Cc2c(c3c4c(c2-c2cccc(c2F)C#Cc2cccc(c2)CNCc2ccc(cc2)CNCc2cccc(c2)C#Cc2cccc-3c2F)CC(C#N)(C(=C)C)C4)C1. The van der Waals surface area contributed by atoms with Crippen LogP contribution in [0.5, 0.6) is 0 Å². The Kier molecular flexibility index (Phi) is 11.2. The summed E-state index contributed by atoms with van der Waals surface area (Å²) in [5.41, 5.74) is 10.7. The van der Waals surface area contributed by atoms with Crippen LogP contribution in [0.1, 0.15) is 80.6 Å². The molecule has 4 aliphatic heterocycles. The van der Waals surface area contributed by atoms with Crippen LogP contribution in [0.25, 0.3) is 22.3 Å². The summed E-state index contributed by atoms with van der Waals surface area (Å²) in [4.78, 5) is 0. The first-order valence-electron chi connectivity index (χ1n) is 21.6. The van der Waals surface area contributed by atoms with Gasteiger partial charge >= 0.3 is 0 Å². The summed E-state index contributed by atoms with van der Waals surface area (Å²) >= 11 is 0. The zero-order valence-corrected chi connectivity index (χ0v) is 36.1. The van der Waals surface area contributed by atoms with Crippen LogP contribution in [0.2, 0.25) is 0 Å². The molecule has 0 saturated heterocycles. The van der Waals surface area contributed by atoms with Crippen LogP contribution in [0, 0.1) is 68.8 Å². The van der Waals surface area contributed by atoms with Gasteiger partial charge in [0.25, 0.3) is 0 Å². The van der Waals surface area contributed by atoms with Gasteiger partial charge in [-0.2, -0.15) is 10.5 Å². The van der Waals surface area contributed by atoms with Gasteiger partial charge in [0.1, 0.15) is 11.6 Å². The molecule has 0 amide bonds. The van der Waals surface area contributed by atoms with E-state index in [0.29, 0.717) is 59.6 Å². The van der Waals surface area contributed by atoms with Crippen molar-refractivity contribution in [1.82, 2.24) is 10.6 Å². The third kappa shape index (κ3) is 7.74. The molecular formula is C58H46F2N4. The first-order valence-corrected chi connectivity index (χ1v) is 21.6. The lowest BCUT2D eigenvalue weighted by Gasteiger charge is -2.22. The van der Waals surface area contributed by atoms with Gasteiger partial charge in [-0.1, -0.05) is 121 Å². The molecule has 6 aromatic carbocycles. The third-order valence-electron chi connectivity index (χ3n) is 13.3. The Morgan fingerprint density at radius 1 is 0.516 bits per heavy atom. The van der Waals surface area contributed by atoms with E-state index in [-0.39, 0.29) is 36.8 Å². The van der Waals surface area contributed by atoms with E-state index in [1.807, 2.05) is 62.4 Å². The van der Waals surface area contributed by atoms with Gasteiger partial charge in [0.15, 0.2) is 0 Å². The molecule has 0 atom stereocenters. The highest BCUT2D eigenvalue weighted by Gasteiger charge is 2.48. The molecular weight excluding hydrogens is 791 g/mol. The van der Waals surface area contributed by atoms with Gasteiger partial charge in [0.05, 0.1) is 34.1 Å². The van der Waals surface area contributed by atoms with Gasteiger partial charge in [-0.15, -0.1) is 0 Å². The number of halogens is 2. The largest absolute Gasteiger partial charge is 0.309 e. The van der Waals surface area contributed by atoms with E-state index >= 15 is 8.78 Å². The van der Waals surface area contributed by atoms with Crippen molar-refractivity contribution in [2.24, 2.45) is 10.8 Å². The Balaban J connectivity index is 1.25. The first-order chi connectivity index (χ1) is 31.0. The second kappa shape index (κ2) is 17.1. The lowest BCUT2D eigenvalue weighted by molar-refractivity contribution is 0.503. The minimum absolute atomic E-state index is 0.225. The van der Waals surface area contributed by atoms with Crippen molar-refractivity contribution in [3.63, 3.8) is 0 Å². The van der Waals surface area contributed by atoms with E-state index in [4.69, 9.17) is 0 Å². The molecule has 2 N–H and O–H groups in total. The molecule has 0 fully saturated rings. The average Bonchev–Trinajstić information content (AvgIpc) is 3.90. The van der Waals surface area contributed by atoms with Crippen molar-refractivity contribution in [3.05, 3.63) is 212 Å². The van der Waals surface area contributed by atoms with Crippen molar-refractivity contribution in [3.8, 4) is 58.1 Å². The van der Waals surface area contributed by atoms with E-state index in [0.717, 1.165) is 44.5 Å². The van der Waals surface area contributed by atoms with Crippen LogP contribution >= 0.6 is 0 Å². The number of nitriles is 2. The molecule has 0 spiro atoms. The number of rotatable bonds is 2. The highest BCUT2D eigenvalue weighted by atomic mass is 19.1. The maximum absolute atomic E-state index is 17.4. The van der Waals surface area contributed by atoms with Crippen molar-refractivity contribution >= 4 is 0 Å². The lowest BCUT2D eigenvalue weighted by atomic mass is 9.78. The summed E-state index contributed by atoms with van der Waals surface area (Å²) in [6.07, 6.45) is 1.02. The van der Waals surface area contributed by atoms with Gasteiger partial charge in [0.2, 0.25) is 0 Å². The number of nitrogens with zero attached hydrogens (tertiary/aromatic N) is 2. The minimum Gasteiger partial charge on any atom is -0.309 e. The van der Waals surface area contributed by atoms with Crippen LogP contribution in [0.4, 0.5) is 8.78 Å². The number of hydrogen-bond donors (Lipinski definition) is 2. The fraction of sp³-hybridized carbons (Fsp3) is 0.207. The molecule has 12 bridgehead atoms. The van der Waals surface area contributed by atoms with E-state index in [2.05, 4.69) is 83.9 Å². The van der Waals surface area contributed by atoms with Gasteiger partial charge in [-0.05, 0) is 132 Å². The molecule has 0 unspecified atom stereocenters. The van der Waals surface area contributed by atoms with Crippen LogP contribution in [-0.4, -0.2) is 0 Å². The van der Waals surface area contributed by atoms with Gasteiger partial charge in [-0.3, -0.25) is 0 Å². The number of allylic oxidation sites excluding steroid dienone is 2. The number of benzene rings is 6. The van der Waals surface area contributed by atoms with Crippen LogP contribution in [-0.2, 0) is 51.9 Å². The predicted octanol–water partition coefficient (Wildman–Crippen LogP) is 11.4. The summed E-state index contributed by atoms with van der Waals surface area (Å²) in [6.45, 7) is 14.9. The summed E-state index contributed by atoms with van der Waals surface area (Å²) in [5.74, 6) is 11.7. The molecule has 4 heterocycles. The Labute approximate surface area is 375 Å². The summed E-state index contributed by atoms with van der Waals surface area (Å²) in [7, 11) is 0. The molecule has 12 rings (SSSR count). The quantitative estimate of drug-likeness (QED) is 0.135. The second-order valence-corrected chi connectivity index (χ2v) is 17.6. The Bertz CT molecular complexity index is 2890. The predicted molar refractivity (Wildman–Crippen MR) is 250 cm³/mol. The molecule has 0 aromatic heterocycles. The Hall–Kier alpha value is -7.32. The highest BCUT2D eigenvalue weighted by Crippen LogP contribution is 2.56. The van der Waals surface area contributed by atoms with Gasteiger partial charge in [-0.25, -0.2) is 8.78 Å². The van der Waals surface area contributed by atoms with Gasteiger partial charge < -0.3 is 10.6 Å². The number of nitrogens with one attached hydrogen (secondary N) is 2. The monoisotopic (exact) mass is 836 g/mol. The standard InChI is InChI=1S/C58H46F2N4/c1-37(2)57(35-61)27-49-50(28-57)54-48-16-8-14-46(56(48)60)24-22-40-10-6-12-44(26-40)34-64-32-42-19-17-41(18-20-42)31-63-33-43-11-5-9-39(25-43)21-23-45-13-7-15-47(55(45)59)53(49)51-29-58(36-62,38(3)4)30-52(51)54/h5-20,25-26,63-64H,1,3,27-34H2,2,4H3. The maximum Gasteiger partial charge on any atom is 0.146 e. The zero-order chi connectivity index (χ0) is 44.6. The Morgan fingerprint density at radius 3 is 1.23 bits per heavy atom. The Morgan fingerprint density at radius 2 is 0.875 bits per heavy atom. The molecule has 2 aliphatic carbocycles. The van der Waals surface area contributed by atoms with E-state index < -0.39 is 22.5 Å². The average molecular weight is 837 g/mol. The van der Waals surface area contributed by atoms with Crippen LogP contribution < -0.4 is 10.6 Å². The van der Waals surface area contributed by atoms with E-state index in [1.165, 1.54) is 11.1 Å². The topological polar surface area (TPSA) is 71.6 Å². The van der Waals surface area contributed by atoms with E-state index in [1.54, 1.807) is 36.4 Å². The summed E-state index contributed by atoms with van der Waals surface area (Å²) < 4.78 is 34.7. The van der Waals surface area contributed by atoms with Gasteiger partial charge in [0, 0.05) is 48.4 Å². The first kappa shape index (κ1) is 42.0. The minimum atomic E-state index is -1.01. The van der Waals surface area contributed by atoms with Crippen LogP contribution in [0.15, 0.2) is 133 Å². The molecule has 6 aromatic rings. The molecule has 6 heteroatoms. The summed E-state index contributed by atoms with van der Waals surface area (Å²) in [5, 5.41) is 28.8. The maximum atomic E-state index is 17.4. The molecule has 0 radical (unpaired) electrons. The second-order valence-electron chi connectivity index (χ2n) is 17.6. The molecule has 312 valence electrons.